The first-order chi connectivity index (χ1) is 26.0. The lowest BCUT2D eigenvalue weighted by molar-refractivity contribution is -0.106. The summed E-state index contributed by atoms with van der Waals surface area (Å²) in [6, 6.07) is 16.8. The van der Waals surface area contributed by atoms with Crippen molar-refractivity contribution >= 4 is 36.9 Å². The number of rotatable bonds is 11. The van der Waals surface area contributed by atoms with Crippen LogP contribution < -0.4 is 27.2 Å². The SMILES string of the molecule is C#C.C=Cc1cc(CCc2cc(N(CC)ON)c(C=C)c(-c3cc(O)c(F)cc3F)n2)cc(OC)c1C1(F)CC1.CC.CN.NC=O.Sc1ccccc1. The maximum absolute atomic E-state index is 15.0. The molecular formula is C41H52F3N5O4S. The number of nitrogens with zero attached hydrogens (tertiary/aromatic N) is 2. The van der Waals surface area contributed by atoms with Crippen LogP contribution in [0.1, 0.15) is 61.6 Å². The number of amides is 1. The summed E-state index contributed by atoms with van der Waals surface area (Å²) in [5, 5.41) is 11.3. The van der Waals surface area contributed by atoms with Crippen LogP contribution in [0.15, 0.2) is 78.7 Å². The molecule has 1 aliphatic rings. The molecule has 4 aromatic rings. The van der Waals surface area contributed by atoms with E-state index in [1.165, 1.54) is 25.3 Å². The number of halogens is 3. The van der Waals surface area contributed by atoms with Crippen LogP contribution in [0.5, 0.6) is 11.5 Å². The number of primary amides is 1. The first-order valence-electron chi connectivity index (χ1n) is 16.8. The largest absolute Gasteiger partial charge is 0.505 e. The van der Waals surface area contributed by atoms with Crippen molar-refractivity contribution in [3.05, 3.63) is 113 Å². The molecule has 1 saturated carbocycles. The topological polar surface area (TPSA) is 150 Å². The average molecular weight is 768 g/mol. The highest BCUT2D eigenvalue weighted by molar-refractivity contribution is 7.80. The lowest BCUT2D eigenvalue weighted by Crippen LogP contribution is -2.28. The fourth-order valence-electron chi connectivity index (χ4n) is 5.06. The molecule has 0 aliphatic heterocycles. The molecule has 5 rings (SSSR count). The molecule has 3 aromatic carbocycles. The normalized spacial score (nSPS) is 11.3. The second-order valence-electron chi connectivity index (χ2n) is 10.6. The minimum absolute atomic E-state index is 0.104. The number of phenols is 1. The Morgan fingerprint density at radius 3 is 2.06 bits per heavy atom. The number of pyridine rings is 1. The molecule has 1 heterocycles. The molecule has 0 radical (unpaired) electrons. The Kier molecular flexibility index (Phi) is 23.2. The standard InChI is InChI=1S/C29H30F3N3O3.C6H6S.C2H6.C2H2.CH3NO.CH5N/c1-5-18-12-17(13-26(37-4)27(18)29(32)10-11-29)8-9-19-14-24(35(7-3)38-33)20(6-2)28(34-19)21-15-25(36)23(31)16-22(21)30;7-6-4-2-1-3-5-6;2*1-2;2-1-3;1-2/h5-6,12-16,36H,1-2,7-11,33H2,3-4H3;1-5,7H;1-2H3;1-2H;1H,(H2,2,3);2H2,1H3. The predicted molar refractivity (Wildman–Crippen MR) is 217 cm³/mol. The average Bonchev–Trinajstić information content (AvgIpc) is 3.95. The van der Waals surface area contributed by atoms with Gasteiger partial charge in [-0.3, -0.25) is 9.78 Å². The fourth-order valence-corrected chi connectivity index (χ4v) is 5.23. The van der Waals surface area contributed by atoms with Gasteiger partial charge in [0.2, 0.25) is 6.41 Å². The van der Waals surface area contributed by atoms with Gasteiger partial charge in [-0.15, -0.1) is 25.5 Å². The third-order valence-corrected chi connectivity index (χ3v) is 7.76. The number of benzene rings is 3. The number of nitrogens with two attached hydrogens (primary N) is 3. The highest BCUT2D eigenvalue weighted by Gasteiger charge is 2.48. The van der Waals surface area contributed by atoms with Gasteiger partial charge in [-0.05, 0) is 81.1 Å². The van der Waals surface area contributed by atoms with Crippen LogP contribution in [0.4, 0.5) is 18.9 Å². The summed E-state index contributed by atoms with van der Waals surface area (Å²) in [7, 11) is 3.01. The van der Waals surface area contributed by atoms with Crippen LogP contribution in [0, 0.1) is 24.5 Å². The Morgan fingerprint density at radius 2 is 1.61 bits per heavy atom. The second kappa shape index (κ2) is 25.7. The zero-order chi connectivity index (χ0) is 41.4. The van der Waals surface area contributed by atoms with Gasteiger partial charge >= 0.3 is 0 Å². The molecule has 0 atom stereocenters. The van der Waals surface area contributed by atoms with E-state index in [9.17, 15) is 13.9 Å². The van der Waals surface area contributed by atoms with E-state index < -0.39 is 23.1 Å². The molecule has 0 bridgehead atoms. The Bertz CT molecular complexity index is 1780. The van der Waals surface area contributed by atoms with Crippen LogP contribution in [0.3, 0.4) is 0 Å². The van der Waals surface area contributed by atoms with E-state index in [1.807, 2.05) is 57.2 Å². The lowest BCUT2D eigenvalue weighted by atomic mass is 9.95. The number of hydrogen-bond acceptors (Lipinski definition) is 9. The summed E-state index contributed by atoms with van der Waals surface area (Å²) < 4.78 is 49.2. The summed E-state index contributed by atoms with van der Waals surface area (Å²) in [6.07, 6.45) is 13.1. The summed E-state index contributed by atoms with van der Waals surface area (Å²) >= 11 is 4.08. The number of carbonyl (C=O) groups excluding carboxylic acids is 1. The van der Waals surface area contributed by atoms with Crippen LogP contribution in [0.25, 0.3) is 23.4 Å². The Morgan fingerprint density at radius 1 is 1.02 bits per heavy atom. The number of alkyl halides is 1. The van der Waals surface area contributed by atoms with Crippen molar-refractivity contribution in [2.75, 3.05) is 25.8 Å². The maximum atomic E-state index is 15.0. The van der Waals surface area contributed by atoms with E-state index in [1.54, 1.807) is 18.2 Å². The van der Waals surface area contributed by atoms with Gasteiger partial charge in [-0.2, -0.15) is 10.8 Å². The molecule has 9 nitrogen and oxygen atoms in total. The van der Waals surface area contributed by atoms with Crippen molar-refractivity contribution in [2.45, 2.75) is 57.0 Å². The summed E-state index contributed by atoms with van der Waals surface area (Å²) in [5.41, 5.74) is 10.8. The van der Waals surface area contributed by atoms with E-state index in [0.29, 0.717) is 72.1 Å². The molecule has 0 spiro atoms. The second-order valence-corrected chi connectivity index (χ2v) is 11.1. The van der Waals surface area contributed by atoms with Crippen molar-refractivity contribution in [1.29, 1.82) is 0 Å². The lowest BCUT2D eigenvalue weighted by Gasteiger charge is -2.23. The molecule has 0 unspecified atom stereocenters. The smallest absolute Gasteiger partial charge is 0.204 e. The molecule has 13 heteroatoms. The van der Waals surface area contributed by atoms with Crippen LogP contribution in [-0.4, -0.2) is 37.2 Å². The molecule has 1 aliphatic carbocycles. The van der Waals surface area contributed by atoms with Gasteiger partial charge in [-0.25, -0.2) is 18.2 Å². The first-order valence-corrected chi connectivity index (χ1v) is 17.3. The number of terminal acetylenes is 1. The van der Waals surface area contributed by atoms with Gasteiger partial charge in [0.1, 0.15) is 17.2 Å². The Balaban J connectivity index is 0.00000149. The molecule has 7 N–H and O–H groups in total. The van der Waals surface area contributed by atoms with E-state index in [-0.39, 0.29) is 17.7 Å². The molecule has 1 aromatic heterocycles. The van der Waals surface area contributed by atoms with Crippen molar-refractivity contribution in [3.63, 3.8) is 0 Å². The summed E-state index contributed by atoms with van der Waals surface area (Å²) in [6.45, 7) is 13.8. The number of anilines is 1. The number of hydrogen-bond donors (Lipinski definition) is 5. The van der Waals surface area contributed by atoms with E-state index in [4.69, 9.17) is 20.4 Å². The van der Waals surface area contributed by atoms with Gasteiger partial charge in [0.05, 0.1) is 18.5 Å². The minimum atomic E-state index is -1.39. The Labute approximate surface area is 323 Å². The predicted octanol–water partition coefficient (Wildman–Crippen LogP) is 8.33. The van der Waals surface area contributed by atoms with Gasteiger partial charge in [-0.1, -0.05) is 63.4 Å². The molecule has 54 heavy (non-hydrogen) atoms. The molecule has 1 fully saturated rings. The number of methoxy groups -OCH3 is 1. The van der Waals surface area contributed by atoms with Gasteiger partial charge in [0, 0.05) is 39.9 Å². The molecule has 1 amide bonds. The minimum Gasteiger partial charge on any atom is -0.505 e. The zero-order valence-electron chi connectivity index (χ0n) is 31.5. The van der Waals surface area contributed by atoms with Gasteiger partial charge in [0.15, 0.2) is 11.6 Å². The third-order valence-electron chi connectivity index (χ3n) is 7.46. The Hall–Kier alpha value is -5.26. The third kappa shape index (κ3) is 13.6. The maximum Gasteiger partial charge on any atom is 0.204 e. The fraction of sp³-hybridized carbons (Fsp3) is 0.268. The number of ether oxygens (including phenoxy) is 1. The highest BCUT2D eigenvalue weighted by atomic mass is 32.1. The van der Waals surface area contributed by atoms with Crippen molar-refractivity contribution in [3.8, 4) is 35.6 Å². The highest BCUT2D eigenvalue weighted by Crippen LogP contribution is 2.54. The van der Waals surface area contributed by atoms with Crippen molar-refractivity contribution < 1.29 is 32.7 Å². The van der Waals surface area contributed by atoms with Crippen molar-refractivity contribution in [1.82, 2.24) is 4.98 Å². The number of aryl methyl sites for hydroxylation is 2. The molecular weight excluding hydrogens is 716 g/mol. The molecule has 0 saturated heterocycles. The van der Waals surface area contributed by atoms with Gasteiger partial charge < -0.3 is 21.3 Å². The summed E-state index contributed by atoms with van der Waals surface area (Å²) in [4.78, 5) is 19.3. The van der Waals surface area contributed by atoms with Crippen LogP contribution >= 0.6 is 12.6 Å². The number of phenolic OH excluding ortho intramolecular Hbond substituents is 1. The van der Waals surface area contributed by atoms with Crippen LogP contribution in [-0.2, 0) is 28.2 Å². The molecule has 292 valence electrons. The number of hydroxylamine groups is 1. The van der Waals surface area contributed by atoms with E-state index in [0.717, 1.165) is 16.5 Å². The van der Waals surface area contributed by atoms with E-state index in [2.05, 4.69) is 55.1 Å². The number of carbonyl (C=O) groups is 1. The number of aromatic hydroxyl groups is 1. The van der Waals surface area contributed by atoms with Crippen molar-refractivity contribution in [2.24, 2.45) is 17.4 Å². The van der Waals surface area contributed by atoms with Crippen LogP contribution in [0.2, 0.25) is 0 Å². The van der Waals surface area contributed by atoms with E-state index >= 15 is 4.39 Å². The first kappa shape index (κ1) is 48.7. The monoisotopic (exact) mass is 767 g/mol. The number of aromatic nitrogens is 1. The number of thiol groups is 1. The quantitative estimate of drug-likeness (QED) is 0.0443. The van der Waals surface area contributed by atoms with Gasteiger partial charge in [0.25, 0.3) is 0 Å². The zero-order valence-corrected chi connectivity index (χ0v) is 32.4. The summed E-state index contributed by atoms with van der Waals surface area (Å²) in [5.74, 6) is 3.26.